The lowest BCUT2D eigenvalue weighted by Gasteiger charge is -2.33. The van der Waals surface area contributed by atoms with E-state index < -0.39 is 21.5 Å². The molecule has 1 aliphatic heterocycles. The van der Waals surface area contributed by atoms with Gasteiger partial charge >= 0.3 is 0 Å². The van der Waals surface area contributed by atoms with Crippen LogP contribution in [0.4, 0.5) is 14.5 Å². The molecule has 0 saturated carbocycles. The van der Waals surface area contributed by atoms with Crippen molar-refractivity contribution in [2.75, 3.05) is 17.2 Å². The molecule has 0 amide bonds. The van der Waals surface area contributed by atoms with E-state index in [1.165, 1.54) is 42.5 Å². The Morgan fingerprint density at radius 3 is 2.31 bits per heavy atom. The van der Waals surface area contributed by atoms with Crippen LogP contribution in [0.15, 0.2) is 83.8 Å². The fourth-order valence-electron chi connectivity index (χ4n) is 3.85. The van der Waals surface area contributed by atoms with Crippen molar-refractivity contribution in [2.45, 2.75) is 11.4 Å². The van der Waals surface area contributed by atoms with Gasteiger partial charge < -0.3 is 14.4 Å². The van der Waals surface area contributed by atoms with Crippen LogP contribution in [0.25, 0.3) is 0 Å². The SMILES string of the molecule is O=S1(=O)CCN(Cc2ccccc2)c2c(Oc3ccc(F)cc3)nc(Oc3ccccc3F)c(Cl)c21. The number of nitrogens with zero attached hydrogens (tertiary/aromatic N) is 2. The summed E-state index contributed by atoms with van der Waals surface area (Å²) < 4.78 is 65.8. The number of para-hydroxylation sites is 1. The van der Waals surface area contributed by atoms with Crippen molar-refractivity contribution >= 4 is 27.1 Å². The van der Waals surface area contributed by atoms with E-state index in [0.717, 1.165) is 5.56 Å². The van der Waals surface area contributed by atoms with Gasteiger partial charge in [0.05, 0.1) is 5.75 Å². The Kier molecular flexibility index (Phi) is 6.51. The van der Waals surface area contributed by atoms with E-state index in [1.54, 1.807) is 11.0 Å². The lowest BCUT2D eigenvalue weighted by molar-refractivity contribution is 0.404. The molecule has 36 heavy (non-hydrogen) atoms. The molecule has 1 aromatic heterocycles. The lowest BCUT2D eigenvalue weighted by atomic mass is 10.2. The summed E-state index contributed by atoms with van der Waals surface area (Å²) in [6.45, 7) is 0.518. The predicted molar refractivity (Wildman–Crippen MR) is 132 cm³/mol. The Morgan fingerprint density at radius 2 is 1.58 bits per heavy atom. The quantitative estimate of drug-likeness (QED) is 0.289. The van der Waals surface area contributed by atoms with Crippen molar-refractivity contribution in [3.05, 3.63) is 101 Å². The highest BCUT2D eigenvalue weighted by Crippen LogP contribution is 2.48. The minimum atomic E-state index is -3.87. The Hall–Kier alpha value is -3.69. The number of fused-ring (bicyclic) bond motifs is 1. The highest BCUT2D eigenvalue weighted by molar-refractivity contribution is 7.91. The summed E-state index contributed by atoms with van der Waals surface area (Å²) in [5.41, 5.74) is 1.08. The summed E-state index contributed by atoms with van der Waals surface area (Å²) in [6.07, 6.45) is 0. The minimum Gasteiger partial charge on any atom is -0.437 e. The molecule has 1 aliphatic rings. The summed E-state index contributed by atoms with van der Waals surface area (Å²) >= 11 is 6.56. The molecular formula is C26H19ClF2N2O4S. The Morgan fingerprint density at radius 1 is 0.889 bits per heavy atom. The summed E-state index contributed by atoms with van der Waals surface area (Å²) in [5.74, 6) is -1.77. The molecule has 0 N–H and O–H groups in total. The molecule has 184 valence electrons. The van der Waals surface area contributed by atoms with Crippen molar-refractivity contribution in [3.8, 4) is 23.3 Å². The number of hydrogen-bond donors (Lipinski definition) is 0. The van der Waals surface area contributed by atoms with Gasteiger partial charge in [-0.3, -0.25) is 0 Å². The van der Waals surface area contributed by atoms with Crippen LogP contribution in [0.2, 0.25) is 5.02 Å². The molecule has 0 fully saturated rings. The number of anilines is 1. The molecule has 4 aromatic rings. The third-order valence-electron chi connectivity index (χ3n) is 5.55. The second kappa shape index (κ2) is 9.75. The predicted octanol–water partition coefficient (Wildman–Crippen LogP) is 6.39. The molecular weight excluding hydrogens is 510 g/mol. The van der Waals surface area contributed by atoms with Crippen molar-refractivity contribution in [1.82, 2.24) is 4.98 Å². The number of aromatic nitrogens is 1. The normalized spacial score (nSPS) is 14.2. The second-order valence-corrected chi connectivity index (χ2v) is 10.5. The van der Waals surface area contributed by atoms with E-state index in [-0.39, 0.29) is 51.2 Å². The summed E-state index contributed by atoms with van der Waals surface area (Å²) in [4.78, 5) is 5.94. The number of pyridine rings is 1. The largest absolute Gasteiger partial charge is 0.437 e. The van der Waals surface area contributed by atoms with Gasteiger partial charge in [0.1, 0.15) is 27.2 Å². The molecule has 0 unspecified atom stereocenters. The van der Waals surface area contributed by atoms with Crippen molar-refractivity contribution < 1.29 is 26.7 Å². The van der Waals surface area contributed by atoms with E-state index >= 15 is 0 Å². The van der Waals surface area contributed by atoms with Crippen LogP contribution in [0.3, 0.4) is 0 Å². The maximum atomic E-state index is 14.3. The maximum absolute atomic E-state index is 14.3. The smallest absolute Gasteiger partial charge is 0.247 e. The first-order valence-corrected chi connectivity index (χ1v) is 13.0. The molecule has 0 saturated heterocycles. The van der Waals surface area contributed by atoms with Gasteiger partial charge in [0.15, 0.2) is 21.4 Å². The molecule has 3 aromatic carbocycles. The summed E-state index contributed by atoms with van der Waals surface area (Å²) in [7, 11) is -3.87. The molecule has 0 aliphatic carbocycles. The zero-order valence-electron chi connectivity index (χ0n) is 18.7. The van der Waals surface area contributed by atoms with Crippen LogP contribution in [-0.2, 0) is 16.4 Å². The van der Waals surface area contributed by atoms with E-state index in [1.807, 2.05) is 30.3 Å². The van der Waals surface area contributed by atoms with E-state index in [0.29, 0.717) is 6.54 Å². The number of halogens is 3. The van der Waals surface area contributed by atoms with Crippen molar-refractivity contribution in [3.63, 3.8) is 0 Å². The van der Waals surface area contributed by atoms with Gasteiger partial charge in [0.25, 0.3) is 0 Å². The first-order valence-electron chi connectivity index (χ1n) is 10.9. The molecule has 6 nitrogen and oxygen atoms in total. The van der Waals surface area contributed by atoms with Gasteiger partial charge in [-0.05, 0) is 42.0 Å². The first kappa shape index (κ1) is 24.0. The van der Waals surface area contributed by atoms with Gasteiger partial charge in [0, 0.05) is 13.1 Å². The van der Waals surface area contributed by atoms with E-state index in [9.17, 15) is 17.2 Å². The minimum absolute atomic E-state index is 0.119. The summed E-state index contributed by atoms with van der Waals surface area (Å²) in [6, 6.07) is 20.2. The van der Waals surface area contributed by atoms with Crippen molar-refractivity contribution in [1.29, 1.82) is 0 Å². The average molecular weight is 529 g/mol. The zero-order chi connectivity index (χ0) is 25.3. The fourth-order valence-corrected chi connectivity index (χ4v) is 5.91. The number of ether oxygens (including phenoxy) is 2. The number of rotatable bonds is 6. The molecule has 0 spiro atoms. The van der Waals surface area contributed by atoms with Gasteiger partial charge in [-0.2, -0.15) is 4.98 Å². The molecule has 5 rings (SSSR count). The van der Waals surface area contributed by atoms with Gasteiger partial charge in [0.2, 0.25) is 11.8 Å². The molecule has 0 bridgehead atoms. The van der Waals surface area contributed by atoms with Crippen molar-refractivity contribution in [2.24, 2.45) is 0 Å². The molecule has 0 atom stereocenters. The van der Waals surface area contributed by atoms with E-state index in [4.69, 9.17) is 21.1 Å². The Bertz CT molecular complexity index is 1520. The van der Waals surface area contributed by atoms with Crippen LogP contribution in [-0.4, -0.2) is 25.7 Å². The van der Waals surface area contributed by atoms with E-state index in [2.05, 4.69) is 4.98 Å². The second-order valence-electron chi connectivity index (χ2n) is 8.03. The third kappa shape index (κ3) is 4.84. The topological polar surface area (TPSA) is 68.7 Å². The highest BCUT2D eigenvalue weighted by Gasteiger charge is 2.37. The van der Waals surface area contributed by atoms with Crippen LogP contribution in [0.1, 0.15) is 5.56 Å². The standard InChI is InChI=1S/C26H19ClF2N2O4S/c27-22-24-23(31(14-15-36(24,32)33)16-17-6-2-1-3-7-17)26(34-19-12-10-18(28)11-13-19)30-25(22)35-21-9-5-4-8-20(21)29/h1-13H,14-16H2. The van der Waals surface area contributed by atoms with Crippen LogP contribution in [0.5, 0.6) is 23.3 Å². The maximum Gasteiger partial charge on any atom is 0.247 e. The van der Waals surface area contributed by atoms with Gasteiger partial charge in [-0.25, -0.2) is 17.2 Å². The number of sulfone groups is 1. The Balaban J connectivity index is 1.68. The monoisotopic (exact) mass is 528 g/mol. The van der Waals surface area contributed by atoms with Gasteiger partial charge in [-0.1, -0.05) is 54.1 Å². The molecule has 0 radical (unpaired) electrons. The summed E-state index contributed by atoms with van der Waals surface area (Å²) in [5, 5.41) is -0.280. The Labute approximate surface area is 211 Å². The highest BCUT2D eigenvalue weighted by atomic mass is 35.5. The average Bonchev–Trinajstić information content (AvgIpc) is 2.86. The number of benzene rings is 3. The van der Waals surface area contributed by atoms with Gasteiger partial charge in [-0.15, -0.1) is 0 Å². The molecule has 2 heterocycles. The number of hydrogen-bond acceptors (Lipinski definition) is 6. The first-order chi connectivity index (χ1) is 17.3. The zero-order valence-corrected chi connectivity index (χ0v) is 20.3. The van der Waals surface area contributed by atoms with Crippen LogP contribution in [0, 0.1) is 11.6 Å². The lowest BCUT2D eigenvalue weighted by Crippen LogP contribution is -2.35. The van der Waals surface area contributed by atoms with Crippen LogP contribution >= 0.6 is 11.6 Å². The molecule has 10 heteroatoms. The third-order valence-corrected chi connectivity index (χ3v) is 7.75. The fraction of sp³-hybridized carbons (Fsp3) is 0.115. The van der Waals surface area contributed by atoms with Crippen LogP contribution < -0.4 is 14.4 Å².